The van der Waals surface area contributed by atoms with Gasteiger partial charge in [0.2, 0.25) is 5.88 Å². The molecule has 0 atom stereocenters. The molecule has 1 N–H and O–H groups in total. The fraction of sp³-hybridized carbons (Fsp3) is 0.357. The average molecular weight is 258 g/mol. The van der Waals surface area contributed by atoms with Crippen molar-refractivity contribution in [2.24, 2.45) is 0 Å². The molecule has 0 unspecified atom stereocenters. The lowest BCUT2D eigenvalue weighted by atomic mass is 10.3. The van der Waals surface area contributed by atoms with Gasteiger partial charge in [0.05, 0.1) is 18.3 Å². The summed E-state index contributed by atoms with van der Waals surface area (Å²) in [5.74, 6) is 1.30. The van der Waals surface area contributed by atoms with Crippen LogP contribution in [-0.2, 0) is 6.54 Å². The van der Waals surface area contributed by atoms with E-state index in [9.17, 15) is 0 Å². The van der Waals surface area contributed by atoms with E-state index < -0.39 is 0 Å². The first-order valence-electron chi connectivity index (χ1n) is 6.28. The number of pyridine rings is 1. The minimum atomic E-state index is 0.0983. The molecule has 0 radical (unpaired) electrons. The summed E-state index contributed by atoms with van der Waals surface area (Å²) in [6.45, 7) is 6.53. The van der Waals surface area contributed by atoms with E-state index in [0.29, 0.717) is 12.4 Å². The Morgan fingerprint density at radius 1 is 1.26 bits per heavy atom. The van der Waals surface area contributed by atoms with Crippen LogP contribution in [0.25, 0.3) is 0 Å². The van der Waals surface area contributed by atoms with E-state index >= 15 is 0 Å². The van der Waals surface area contributed by atoms with E-state index in [2.05, 4.69) is 20.3 Å². The predicted molar refractivity (Wildman–Crippen MR) is 74.1 cm³/mol. The number of aryl methyl sites for hydroxylation is 1. The molecule has 0 amide bonds. The Bertz CT molecular complexity index is 542. The minimum absolute atomic E-state index is 0.0983. The van der Waals surface area contributed by atoms with Gasteiger partial charge in [0.1, 0.15) is 12.1 Å². The van der Waals surface area contributed by atoms with Crippen LogP contribution in [0.1, 0.15) is 25.2 Å². The third-order valence-corrected chi connectivity index (χ3v) is 2.40. The third kappa shape index (κ3) is 4.21. The molecule has 100 valence electrons. The highest BCUT2D eigenvalue weighted by atomic mass is 16.5. The van der Waals surface area contributed by atoms with Crippen molar-refractivity contribution in [2.75, 3.05) is 5.32 Å². The molecule has 2 aromatic heterocycles. The van der Waals surface area contributed by atoms with Crippen LogP contribution in [0, 0.1) is 6.92 Å². The fourth-order valence-corrected chi connectivity index (χ4v) is 1.62. The zero-order chi connectivity index (χ0) is 13.7. The third-order valence-electron chi connectivity index (χ3n) is 2.40. The van der Waals surface area contributed by atoms with E-state index in [0.717, 1.165) is 17.2 Å². The highest BCUT2D eigenvalue weighted by Gasteiger charge is 2.02. The van der Waals surface area contributed by atoms with Crippen molar-refractivity contribution in [1.82, 2.24) is 15.0 Å². The second-order valence-electron chi connectivity index (χ2n) is 4.53. The molecule has 0 spiro atoms. The van der Waals surface area contributed by atoms with E-state index in [1.54, 1.807) is 6.07 Å². The number of anilines is 1. The molecule has 2 aromatic rings. The van der Waals surface area contributed by atoms with E-state index in [-0.39, 0.29) is 6.10 Å². The lowest BCUT2D eigenvalue weighted by molar-refractivity contribution is 0.232. The van der Waals surface area contributed by atoms with Gasteiger partial charge >= 0.3 is 0 Å². The van der Waals surface area contributed by atoms with Gasteiger partial charge in [-0.15, -0.1) is 0 Å². The normalized spacial score (nSPS) is 10.5. The van der Waals surface area contributed by atoms with Crippen molar-refractivity contribution in [3.63, 3.8) is 0 Å². The predicted octanol–water partition coefficient (Wildman–Crippen LogP) is 2.58. The van der Waals surface area contributed by atoms with Crippen molar-refractivity contribution < 1.29 is 4.74 Å². The Hall–Kier alpha value is -2.17. The smallest absolute Gasteiger partial charge is 0.218 e. The van der Waals surface area contributed by atoms with Gasteiger partial charge in [-0.25, -0.2) is 9.97 Å². The number of ether oxygens (including phenoxy) is 1. The van der Waals surface area contributed by atoms with Gasteiger partial charge < -0.3 is 10.1 Å². The largest absolute Gasteiger partial charge is 0.475 e. The van der Waals surface area contributed by atoms with E-state index in [1.165, 1.54) is 6.33 Å². The molecule has 0 aliphatic rings. The molecular formula is C14H18N4O. The number of nitrogens with one attached hydrogen (secondary N) is 1. The van der Waals surface area contributed by atoms with Crippen LogP contribution in [0.3, 0.4) is 0 Å². The fourth-order valence-electron chi connectivity index (χ4n) is 1.62. The SMILES string of the molecule is Cc1cccc(CNc2cc(OC(C)C)ncn2)n1. The number of hydrogen-bond donors (Lipinski definition) is 1. The van der Waals surface area contributed by atoms with Crippen molar-refractivity contribution >= 4 is 5.82 Å². The highest BCUT2D eigenvalue weighted by Crippen LogP contribution is 2.13. The van der Waals surface area contributed by atoms with Crippen molar-refractivity contribution in [3.05, 3.63) is 42.0 Å². The lowest BCUT2D eigenvalue weighted by Crippen LogP contribution is -2.08. The summed E-state index contributed by atoms with van der Waals surface area (Å²) in [5.41, 5.74) is 1.98. The van der Waals surface area contributed by atoms with Gasteiger partial charge in [0.25, 0.3) is 0 Å². The summed E-state index contributed by atoms with van der Waals surface area (Å²) >= 11 is 0. The van der Waals surface area contributed by atoms with Crippen molar-refractivity contribution in [1.29, 1.82) is 0 Å². The summed E-state index contributed by atoms with van der Waals surface area (Å²) in [4.78, 5) is 12.6. The molecule has 0 bridgehead atoms. The summed E-state index contributed by atoms with van der Waals surface area (Å²) in [6.07, 6.45) is 1.59. The quantitative estimate of drug-likeness (QED) is 0.893. The first kappa shape index (κ1) is 13.3. The summed E-state index contributed by atoms with van der Waals surface area (Å²) in [5, 5.41) is 3.21. The Labute approximate surface area is 113 Å². The summed E-state index contributed by atoms with van der Waals surface area (Å²) in [6, 6.07) is 7.73. The van der Waals surface area contributed by atoms with Crippen LogP contribution in [0.4, 0.5) is 5.82 Å². The second kappa shape index (κ2) is 6.13. The molecule has 0 aliphatic heterocycles. The maximum Gasteiger partial charge on any atom is 0.218 e. The molecule has 0 saturated carbocycles. The molecule has 5 nitrogen and oxygen atoms in total. The van der Waals surface area contributed by atoms with Crippen LogP contribution < -0.4 is 10.1 Å². The first-order chi connectivity index (χ1) is 9.13. The average Bonchev–Trinajstić information content (AvgIpc) is 2.36. The standard InChI is InChI=1S/C14H18N4O/c1-10(2)19-14-7-13(16-9-17-14)15-8-12-6-4-5-11(3)18-12/h4-7,9-10H,8H2,1-3H3,(H,15,16,17). The molecule has 19 heavy (non-hydrogen) atoms. The molecule has 0 fully saturated rings. The number of aromatic nitrogens is 3. The maximum atomic E-state index is 5.52. The van der Waals surface area contributed by atoms with Crippen LogP contribution >= 0.6 is 0 Å². The Morgan fingerprint density at radius 2 is 2.11 bits per heavy atom. The van der Waals surface area contributed by atoms with E-state index in [4.69, 9.17) is 4.74 Å². The Kier molecular flexibility index (Phi) is 4.28. The topological polar surface area (TPSA) is 59.9 Å². The van der Waals surface area contributed by atoms with Gasteiger partial charge in [-0.3, -0.25) is 4.98 Å². The molecule has 2 heterocycles. The van der Waals surface area contributed by atoms with E-state index in [1.807, 2.05) is 39.0 Å². The lowest BCUT2D eigenvalue weighted by Gasteiger charge is -2.10. The number of hydrogen-bond acceptors (Lipinski definition) is 5. The van der Waals surface area contributed by atoms with Crippen LogP contribution in [0.2, 0.25) is 0 Å². The Balaban J connectivity index is 1.99. The first-order valence-corrected chi connectivity index (χ1v) is 6.28. The zero-order valence-corrected chi connectivity index (χ0v) is 11.4. The molecular weight excluding hydrogens is 240 g/mol. The second-order valence-corrected chi connectivity index (χ2v) is 4.53. The van der Waals surface area contributed by atoms with Crippen LogP contribution in [-0.4, -0.2) is 21.1 Å². The summed E-state index contributed by atoms with van der Waals surface area (Å²) < 4.78 is 5.52. The van der Waals surface area contributed by atoms with Gasteiger partial charge in [0, 0.05) is 11.8 Å². The van der Waals surface area contributed by atoms with Crippen LogP contribution in [0.5, 0.6) is 5.88 Å². The van der Waals surface area contributed by atoms with Crippen molar-refractivity contribution in [2.45, 2.75) is 33.4 Å². The van der Waals surface area contributed by atoms with Gasteiger partial charge in [-0.2, -0.15) is 0 Å². The number of rotatable bonds is 5. The highest BCUT2D eigenvalue weighted by molar-refractivity contribution is 5.37. The molecule has 0 aromatic carbocycles. The maximum absolute atomic E-state index is 5.52. The van der Waals surface area contributed by atoms with Gasteiger partial charge in [-0.1, -0.05) is 6.07 Å². The Morgan fingerprint density at radius 3 is 2.84 bits per heavy atom. The van der Waals surface area contributed by atoms with Gasteiger partial charge in [-0.05, 0) is 32.9 Å². The summed E-state index contributed by atoms with van der Waals surface area (Å²) in [7, 11) is 0. The van der Waals surface area contributed by atoms with Crippen molar-refractivity contribution in [3.8, 4) is 5.88 Å². The molecule has 0 saturated heterocycles. The molecule has 2 rings (SSSR count). The minimum Gasteiger partial charge on any atom is -0.475 e. The molecule has 0 aliphatic carbocycles. The number of nitrogens with zero attached hydrogens (tertiary/aromatic N) is 3. The van der Waals surface area contributed by atoms with Crippen LogP contribution in [0.15, 0.2) is 30.6 Å². The van der Waals surface area contributed by atoms with Gasteiger partial charge in [0.15, 0.2) is 0 Å². The zero-order valence-electron chi connectivity index (χ0n) is 11.4. The molecule has 5 heteroatoms. The monoisotopic (exact) mass is 258 g/mol.